The van der Waals surface area contributed by atoms with E-state index in [1.165, 1.54) is 0 Å². The molecule has 70 valence electrons. The molecule has 0 spiro atoms. The Morgan fingerprint density at radius 2 is 1.86 bits per heavy atom. The quantitative estimate of drug-likeness (QED) is 0.723. The van der Waals surface area contributed by atoms with Crippen molar-refractivity contribution in [2.75, 3.05) is 0 Å². The van der Waals surface area contributed by atoms with Gasteiger partial charge in [-0.1, -0.05) is 12.1 Å². The molecule has 0 fully saturated rings. The van der Waals surface area contributed by atoms with E-state index in [2.05, 4.69) is 9.97 Å². The molecule has 0 unspecified atom stereocenters. The van der Waals surface area contributed by atoms with Gasteiger partial charge in [-0.3, -0.25) is 0 Å². The van der Waals surface area contributed by atoms with Gasteiger partial charge in [-0.25, -0.2) is 9.97 Å². The van der Waals surface area contributed by atoms with Gasteiger partial charge in [0.25, 0.3) is 0 Å². The Kier molecular flexibility index (Phi) is 2.40. The number of aromatic nitrogens is 2. The van der Waals surface area contributed by atoms with Crippen molar-refractivity contribution in [3.63, 3.8) is 0 Å². The largest absolute Gasteiger partial charge is 0.420 e. The van der Waals surface area contributed by atoms with Crippen molar-refractivity contribution in [2.24, 2.45) is 0 Å². The van der Waals surface area contributed by atoms with Gasteiger partial charge in [0.15, 0.2) is 0 Å². The lowest BCUT2D eigenvalue weighted by molar-refractivity contribution is 0.441. The SMILES string of the molecule is Cc1cccnc1Oc1ccccn1. The minimum absolute atomic E-state index is 0.564. The normalized spacial score (nSPS) is 9.79. The van der Waals surface area contributed by atoms with Crippen molar-refractivity contribution in [1.82, 2.24) is 9.97 Å². The molecule has 0 atom stereocenters. The third kappa shape index (κ3) is 1.88. The molecule has 0 aliphatic rings. The van der Waals surface area contributed by atoms with E-state index >= 15 is 0 Å². The molecule has 0 N–H and O–H groups in total. The first-order valence-electron chi connectivity index (χ1n) is 4.37. The highest BCUT2D eigenvalue weighted by Crippen LogP contribution is 2.19. The average molecular weight is 186 g/mol. The monoisotopic (exact) mass is 186 g/mol. The first-order valence-corrected chi connectivity index (χ1v) is 4.37. The summed E-state index contributed by atoms with van der Waals surface area (Å²) < 4.78 is 5.49. The fraction of sp³-hybridized carbons (Fsp3) is 0.0909. The highest BCUT2D eigenvalue weighted by molar-refractivity contribution is 5.27. The van der Waals surface area contributed by atoms with Crippen LogP contribution >= 0.6 is 0 Å². The summed E-state index contributed by atoms with van der Waals surface area (Å²) in [6, 6.07) is 9.35. The van der Waals surface area contributed by atoms with Crippen LogP contribution in [0.5, 0.6) is 11.8 Å². The molecule has 0 aliphatic carbocycles. The van der Waals surface area contributed by atoms with Gasteiger partial charge in [-0.05, 0) is 19.1 Å². The molecular weight excluding hydrogens is 176 g/mol. The first-order chi connectivity index (χ1) is 6.86. The molecule has 0 amide bonds. The van der Waals surface area contributed by atoms with E-state index in [-0.39, 0.29) is 0 Å². The summed E-state index contributed by atoms with van der Waals surface area (Å²) in [5.74, 6) is 1.17. The molecule has 0 bridgehead atoms. The predicted molar refractivity (Wildman–Crippen MR) is 53.3 cm³/mol. The molecule has 0 saturated heterocycles. The highest BCUT2D eigenvalue weighted by Gasteiger charge is 2.01. The lowest BCUT2D eigenvalue weighted by atomic mass is 10.3. The van der Waals surface area contributed by atoms with Gasteiger partial charge in [0.1, 0.15) is 0 Å². The molecule has 2 aromatic rings. The number of nitrogens with zero attached hydrogens (tertiary/aromatic N) is 2. The minimum Gasteiger partial charge on any atom is -0.420 e. The van der Waals surface area contributed by atoms with E-state index in [4.69, 9.17) is 4.74 Å². The molecule has 2 rings (SSSR count). The van der Waals surface area contributed by atoms with Crippen molar-refractivity contribution in [2.45, 2.75) is 6.92 Å². The molecule has 0 radical (unpaired) electrons. The second-order valence-corrected chi connectivity index (χ2v) is 2.90. The summed E-state index contributed by atoms with van der Waals surface area (Å²) >= 11 is 0. The van der Waals surface area contributed by atoms with E-state index in [9.17, 15) is 0 Å². The summed E-state index contributed by atoms with van der Waals surface area (Å²) in [7, 11) is 0. The topological polar surface area (TPSA) is 35.0 Å². The van der Waals surface area contributed by atoms with Gasteiger partial charge < -0.3 is 4.74 Å². The van der Waals surface area contributed by atoms with Crippen molar-refractivity contribution in [3.8, 4) is 11.8 Å². The standard InChI is InChI=1S/C11H10N2O/c1-9-5-4-8-13-11(9)14-10-6-2-3-7-12-10/h2-8H,1H3. The van der Waals surface area contributed by atoms with Crippen LogP contribution in [0.1, 0.15) is 5.56 Å². The summed E-state index contributed by atoms with van der Waals surface area (Å²) in [6.07, 6.45) is 3.39. The van der Waals surface area contributed by atoms with E-state index in [0.29, 0.717) is 11.8 Å². The van der Waals surface area contributed by atoms with Gasteiger partial charge in [0, 0.05) is 24.0 Å². The van der Waals surface area contributed by atoms with Crippen LogP contribution in [0.15, 0.2) is 42.7 Å². The number of pyridine rings is 2. The summed E-state index contributed by atoms with van der Waals surface area (Å²) in [6.45, 7) is 1.95. The van der Waals surface area contributed by atoms with Crippen LogP contribution in [0.3, 0.4) is 0 Å². The minimum atomic E-state index is 0.564. The molecule has 14 heavy (non-hydrogen) atoms. The first kappa shape index (κ1) is 8.69. The van der Waals surface area contributed by atoms with Gasteiger partial charge in [-0.2, -0.15) is 0 Å². The van der Waals surface area contributed by atoms with Crippen LogP contribution in [0.4, 0.5) is 0 Å². The zero-order valence-corrected chi connectivity index (χ0v) is 7.84. The van der Waals surface area contributed by atoms with Crippen molar-refractivity contribution < 1.29 is 4.74 Å². The fourth-order valence-electron chi connectivity index (χ4n) is 1.08. The van der Waals surface area contributed by atoms with Crippen molar-refractivity contribution >= 4 is 0 Å². The molecule has 0 saturated carbocycles. The maximum atomic E-state index is 5.49. The Bertz CT molecular complexity index is 415. The average Bonchev–Trinajstić information content (AvgIpc) is 2.23. The Hall–Kier alpha value is -1.90. The van der Waals surface area contributed by atoms with Crippen molar-refractivity contribution in [3.05, 3.63) is 48.3 Å². The Labute approximate surface area is 82.4 Å². The second-order valence-electron chi connectivity index (χ2n) is 2.90. The summed E-state index contributed by atoms with van der Waals surface area (Å²) in [4.78, 5) is 8.16. The van der Waals surface area contributed by atoms with Crippen LogP contribution < -0.4 is 4.74 Å². The van der Waals surface area contributed by atoms with Crippen LogP contribution in [0.25, 0.3) is 0 Å². The molecule has 2 heterocycles. The Morgan fingerprint density at radius 3 is 2.57 bits per heavy atom. The lowest BCUT2D eigenvalue weighted by Gasteiger charge is -2.04. The number of hydrogen-bond donors (Lipinski definition) is 0. The van der Waals surface area contributed by atoms with Crippen molar-refractivity contribution in [1.29, 1.82) is 0 Å². The maximum Gasteiger partial charge on any atom is 0.224 e. The van der Waals surface area contributed by atoms with Gasteiger partial charge in [0.05, 0.1) is 0 Å². The Balaban J connectivity index is 2.24. The van der Waals surface area contributed by atoms with Gasteiger partial charge >= 0.3 is 0 Å². The van der Waals surface area contributed by atoms with Gasteiger partial charge in [0.2, 0.25) is 11.8 Å². The van der Waals surface area contributed by atoms with Crippen LogP contribution in [-0.4, -0.2) is 9.97 Å². The molecule has 3 nitrogen and oxygen atoms in total. The number of rotatable bonds is 2. The highest BCUT2D eigenvalue weighted by atomic mass is 16.5. The van der Waals surface area contributed by atoms with E-state index in [1.54, 1.807) is 18.5 Å². The molecule has 2 aromatic heterocycles. The van der Waals surface area contributed by atoms with Crippen LogP contribution in [0.2, 0.25) is 0 Å². The third-order valence-corrected chi connectivity index (χ3v) is 1.80. The maximum absolute atomic E-state index is 5.49. The smallest absolute Gasteiger partial charge is 0.224 e. The summed E-state index contributed by atoms with van der Waals surface area (Å²) in [5, 5.41) is 0. The van der Waals surface area contributed by atoms with Gasteiger partial charge in [-0.15, -0.1) is 0 Å². The summed E-state index contributed by atoms with van der Waals surface area (Å²) in [5.41, 5.74) is 0.998. The van der Waals surface area contributed by atoms with Crippen LogP contribution in [0, 0.1) is 6.92 Å². The number of aryl methyl sites for hydroxylation is 1. The Morgan fingerprint density at radius 1 is 1.00 bits per heavy atom. The molecule has 0 aliphatic heterocycles. The zero-order chi connectivity index (χ0) is 9.80. The zero-order valence-electron chi connectivity index (χ0n) is 7.84. The third-order valence-electron chi connectivity index (χ3n) is 1.80. The number of ether oxygens (including phenoxy) is 1. The van der Waals surface area contributed by atoms with E-state index < -0.39 is 0 Å². The number of hydrogen-bond acceptors (Lipinski definition) is 3. The molecular formula is C11H10N2O. The van der Waals surface area contributed by atoms with Crippen LogP contribution in [-0.2, 0) is 0 Å². The fourth-order valence-corrected chi connectivity index (χ4v) is 1.08. The molecule has 3 heteroatoms. The molecule has 0 aromatic carbocycles. The second kappa shape index (κ2) is 3.87. The predicted octanol–water partition coefficient (Wildman–Crippen LogP) is 2.58. The van der Waals surface area contributed by atoms with E-state index in [1.807, 2.05) is 31.2 Å². The lowest BCUT2D eigenvalue weighted by Crippen LogP contribution is -1.91. The van der Waals surface area contributed by atoms with E-state index in [0.717, 1.165) is 5.56 Å².